The minimum Gasteiger partial charge on any atom is -0.464 e. The van der Waals surface area contributed by atoms with Crippen LogP contribution < -0.4 is 16.4 Å². The van der Waals surface area contributed by atoms with E-state index in [0.717, 1.165) is 28.3 Å². The van der Waals surface area contributed by atoms with Crippen molar-refractivity contribution in [3.8, 4) is 0 Å². The minimum atomic E-state index is -0.439. The summed E-state index contributed by atoms with van der Waals surface area (Å²) in [5.74, 6) is 1.45. The smallest absolute Gasteiger partial charge is 0.137 e. The zero-order valence-electron chi connectivity index (χ0n) is 15.2. The molecule has 3 aromatic rings. The Morgan fingerprint density at radius 1 is 0.963 bits per heavy atom. The topological polar surface area (TPSA) is 71.7 Å². The van der Waals surface area contributed by atoms with E-state index in [1.807, 2.05) is 48.2 Å². The van der Waals surface area contributed by atoms with Crippen LogP contribution in [0.3, 0.4) is 0 Å². The summed E-state index contributed by atoms with van der Waals surface area (Å²) in [6.07, 6.45) is -0.791. The van der Waals surface area contributed by atoms with Crippen LogP contribution in [0.4, 0.5) is 10.1 Å². The molecular weight excluding hydrogens is 343 g/mol. The van der Waals surface area contributed by atoms with E-state index in [2.05, 4.69) is 4.90 Å². The van der Waals surface area contributed by atoms with E-state index >= 15 is 0 Å². The van der Waals surface area contributed by atoms with Crippen molar-refractivity contribution in [3.63, 3.8) is 0 Å². The number of anilines is 1. The molecule has 1 aromatic heterocycles. The van der Waals surface area contributed by atoms with E-state index in [1.165, 1.54) is 12.1 Å². The second kappa shape index (κ2) is 7.15. The Labute approximate surface area is 158 Å². The van der Waals surface area contributed by atoms with Gasteiger partial charge in [-0.25, -0.2) is 9.29 Å². The van der Waals surface area contributed by atoms with Crippen LogP contribution in [0.2, 0.25) is 0 Å². The van der Waals surface area contributed by atoms with Gasteiger partial charge in [0, 0.05) is 17.8 Å². The van der Waals surface area contributed by atoms with E-state index in [4.69, 9.17) is 15.9 Å². The van der Waals surface area contributed by atoms with E-state index in [9.17, 15) is 4.39 Å². The first-order valence-corrected chi connectivity index (χ1v) is 8.95. The van der Waals surface area contributed by atoms with E-state index < -0.39 is 6.29 Å². The van der Waals surface area contributed by atoms with Gasteiger partial charge in [-0.15, -0.1) is 0 Å². The van der Waals surface area contributed by atoms with Crippen LogP contribution in [0, 0.1) is 12.7 Å². The fourth-order valence-corrected chi connectivity index (χ4v) is 3.57. The number of rotatable bonds is 4. The van der Waals surface area contributed by atoms with Gasteiger partial charge in [0.25, 0.3) is 0 Å². The molecule has 2 atom stereocenters. The number of hydrogen-bond acceptors (Lipinski definition) is 5. The SMILES string of the molecule is Cc1ccc(CN2c3ccccc3C(N)N(Cc3ccc(F)cc3)C2N)o1. The summed E-state index contributed by atoms with van der Waals surface area (Å²) in [5, 5.41) is 0. The lowest BCUT2D eigenvalue weighted by Gasteiger charge is -2.47. The molecule has 5 nitrogen and oxygen atoms in total. The standard InChI is InChI=1S/C21H23FN4O/c1-14-6-11-17(27-14)13-25-19-5-3-2-4-18(19)20(23)26(21(25)24)12-15-7-9-16(22)10-8-15/h2-11,20-21H,12-13,23-24H2,1H3. The Balaban J connectivity index is 1.67. The zero-order chi connectivity index (χ0) is 19.0. The van der Waals surface area contributed by atoms with Gasteiger partial charge in [-0.2, -0.15) is 0 Å². The Morgan fingerprint density at radius 2 is 1.70 bits per heavy atom. The third kappa shape index (κ3) is 3.47. The maximum atomic E-state index is 13.2. The van der Waals surface area contributed by atoms with Crippen molar-refractivity contribution in [2.45, 2.75) is 32.5 Å². The largest absolute Gasteiger partial charge is 0.464 e. The third-order valence-electron chi connectivity index (χ3n) is 4.98. The predicted octanol–water partition coefficient (Wildman–Crippen LogP) is 3.45. The van der Waals surface area contributed by atoms with Crippen molar-refractivity contribution in [1.29, 1.82) is 0 Å². The predicted molar refractivity (Wildman–Crippen MR) is 103 cm³/mol. The number of nitrogens with zero attached hydrogens (tertiary/aromatic N) is 2. The van der Waals surface area contributed by atoms with Crippen LogP contribution in [0.5, 0.6) is 0 Å². The van der Waals surface area contributed by atoms with Gasteiger partial charge in [-0.1, -0.05) is 30.3 Å². The lowest BCUT2D eigenvalue weighted by atomic mass is 10.0. The molecule has 0 fully saturated rings. The molecule has 2 heterocycles. The number of para-hydroxylation sites is 1. The quantitative estimate of drug-likeness (QED) is 0.740. The van der Waals surface area contributed by atoms with Gasteiger partial charge in [0.2, 0.25) is 0 Å². The molecule has 2 unspecified atom stereocenters. The number of fused-ring (bicyclic) bond motifs is 1. The molecule has 0 aliphatic carbocycles. The van der Waals surface area contributed by atoms with Gasteiger partial charge in [-0.3, -0.25) is 5.73 Å². The number of hydrogen-bond donors (Lipinski definition) is 2. The molecule has 4 rings (SSSR count). The second-order valence-corrected chi connectivity index (χ2v) is 6.86. The van der Waals surface area contributed by atoms with Crippen molar-refractivity contribution < 1.29 is 8.81 Å². The first-order valence-electron chi connectivity index (χ1n) is 8.95. The first kappa shape index (κ1) is 17.7. The van der Waals surface area contributed by atoms with Gasteiger partial charge in [0.05, 0.1) is 12.7 Å². The second-order valence-electron chi connectivity index (χ2n) is 6.86. The van der Waals surface area contributed by atoms with Crippen molar-refractivity contribution in [2.24, 2.45) is 11.5 Å². The van der Waals surface area contributed by atoms with Gasteiger partial charge >= 0.3 is 0 Å². The summed E-state index contributed by atoms with van der Waals surface area (Å²) < 4.78 is 19.0. The minimum absolute atomic E-state index is 0.258. The maximum Gasteiger partial charge on any atom is 0.137 e. The van der Waals surface area contributed by atoms with E-state index in [-0.39, 0.29) is 12.0 Å². The molecule has 0 bridgehead atoms. The summed E-state index contributed by atoms with van der Waals surface area (Å²) in [4.78, 5) is 4.09. The lowest BCUT2D eigenvalue weighted by Crippen LogP contribution is -2.59. The van der Waals surface area contributed by atoms with Crippen LogP contribution in [0.25, 0.3) is 0 Å². The summed E-state index contributed by atoms with van der Waals surface area (Å²) in [6.45, 7) is 2.98. The van der Waals surface area contributed by atoms with Crippen molar-refractivity contribution in [3.05, 3.63) is 89.1 Å². The lowest BCUT2D eigenvalue weighted by molar-refractivity contribution is 0.111. The molecule has 0 radical (unpaired) electrons. The Kier molecular flexibility index (Phi) is 4.70. The molecule has 4 N–H and O–H groups in total. The van der Waals surface area contributed by atoms with E-state index in [1.54, 1.807) is 12.1 Å². The van der Waals surface area contributed by atoms with Gasteiger partial charge in [0.15, 0.2) is 0 Å². The van der Waals surface area contributed by atoms with Gasteiger partial charge in [-0.05, 0) is 42.8 Å². The van der Waals surface area contributed by atoms with Crippen LogP contribution >= 0.6 is 0 Å². The van der Waals surface area contributed by atoms with Crippen LogP contribution in [0.15, 0.2) is 65.1 Å². The summed E-state index contributed by atoms with van der Waals surface area (Å²) in [5.41, 5.74) is 16.1. The molecular formula is C21H23FN4O. The monoisotopic (exact) mass is 366 g/mol. The average molecular weight is 366 g/mol. The van der Waals surface area contributed by atoms with E-state index in [0.29, 0.717) is 13.1 Å². The molecule has 0 saturated heterocycles. The van der Waals surface area contributed by atoms with Crippen molar-refractivity contribution in [1.82, 2.24) is 4.90 Å². The number of halogens is 1. The molecule has 1 aliphatic heterocycles. The maximum absolute atomic E-state index is 13.2. The summed E-state index contributed by atoms with van der Waals surface area (Å²) >= 11 is 0. The fraction of sp³-hybridized carbons (Fsp3) is 0.238. The molecule has 140 valence electrons. The highest BCUT2D eigenvalue weighted by atomic mass is 19.1. The third-order valence-corrected chi connectivity index (χ3v) is 4.98. The number of benzene rings is 2. The van der Waals surface area contributed by atoms with Crippen molar-refractivity contribution >= 4 is 5.69 Å². The van der Waals surface area contributed by atoms with Gasteiger partial charge < -0.3 is 15.1 Å². The van der Waals surface area contributed by atoms with Crippen LogP contribution in [0.1, 0.15) is 28.8 Å². The summed E-state index contributed by atoms with van der Waals surface area (Å²) in [7, 11) is 0. The molecule has 6 heteroatoms. The highest BCUT2D eigenvalue weighted by Crippen LogP contribution is 2.36. The molecule has 0 amide bonds. The first-order chi connectivity index (χ1) is 13.0. The molecule has 27 heavy (non-hydrogen) atoms. The average Bonchev–Trinajstić information content (AvgIpc) is 3.09. The Bertz CT molecular complexity index is 924. The highest BCUT2D eigenvalue weighted by molar-refractivity contribution is 5.57. The molecule has 1 aliphatic rings. The molecule has 0 saturated carbocycles. The fourth-order valence-electron chi connectivity index (χ4n) is 3.57. The van der Waals surface area contributed by atoms with Crippen LogP contribution in [-0.2, 0) is 13.1 Å². The highest BCUT2D eigenvalue weighted by Gasteiger charge is 2.35. The molecule has 2 aromatic carbocycles. The summed E-state index contributed by atoms with van der Waals surface area (Å²) in [6, 6.07) is 18.3. The Morgan fingerprint density at radius 3 is 2.41 bits per heavy atom. The Hall–Kier alpha value is -2.67. The zero-order valence-corrected chi connectivity index (χ0v) is 15.2. The molecule has 0 spiro atoms. The number of furan rings is 1. The van der Waals surface area contributed by atoms with Gasteiger partial charge in [0.1, 0.15) is 23.6 Å². The number of aryl methyl sites for hydroxylation is 1. The number of nitrogens with two attached hydrogens (primary N) is 2. The normalized spacial score (nSPS) is 19.9. The van der Waals surface area contributed by atoms with Crippen molar-refractivity contribution in [2.75, 3.05) is 4.90 Å². The van der Waals surface area contributed by atoms with Crippen LogP contribution in [-0.4, -0.2) is 11.2 Å².